The molecule has 8 nitrogen and oxygen atoms in total. The molecule has 50 heavy (non-hydrogen) atoms. The van der Waals surface area contributed by atoms with E-state index in [0.717, 1.165) is 76.3 Å². The minimum absolute atomic E-state index is 0.0605. The lowest BCUT2D eigenvalue weighted by atomic mass is 10.0. The Morgan fingerprint density at radius 1 is 0.540 bits per heavy atom. The Morgan fingerprint density at radius 3 is 1.22 bits per heavy atom. The number of hydrogen-bond acceptors (Lipinski definition) is 8. The van der Waals surface area contributed by atoms with Crippen LogP contribution in [0.4, 0.5) is 0 Å². The number of halogens is 6. The SMILES string of the molecule is CCC(C)CCCCCCOC(=O)c1c(Cl)c(Cl)cc(Cl)c1OC(=O)C(=O)Oc1c(Cl)cc(Cl)c(Cl)c1C(=O)OCCCCCCC(C)CC. The quantitative estimate of drug-likeness (QED) is 0.0428. The Morgan fingerprint density at radius 2 is 0.880 bits per heavy atom. The topological polar surface area (TPSA) is 105 Å². The third-order valence-corrected chi connectivity index (χ3v) is 10.4. The van der Waals surface area contributed by atoms with E-state index in [-0.39, 0.29) is 43.3 Å². The van der Waals surface area contributed by atoms with Gasteiger partial charge in [0.05, 0.1) is 43.3 Å². The molecule has 2 unspecified atom stereocenters. The summed E-state index contributed by atoms with van der Waals surface area (Å²) in [4.78, 5) is 52.1. The summed E-state index contributed by atoms with van der Waals surface area (Å²) in [6, 6.07) is 2.26. The fraction of sp³-hybridized carbons (Fsp3) is 0.556. The molecule has 0 spiro atoms. The van der Waals surface area contributed by atoms with Gasteiger partial charge in [-0.3, -0.25) is 0 Å². The molecule has 278 valence electrons. The lowest BCUT2D eigenvalue weighted by Crippen LogP contribution is -2.27. The molecule has 0 amide bonds. The van der Waals surface area contributed by atoms with E-state index in [1.807, 2.05) is 0 Å². The van der Waals surface area contributed by atoms with Crippen molar-refractivity contribution in [3.8, 4) is 11.5 Å². The first kappa shape index (κ1) is 44.2. The van der Waals surface area contributed by atoms with Crippen molar-refractivity contribution in [2.75, 3.05) is 13.2 Å². The second kappa shape index (κ2) is 22.9. The average Bonchev–Trinajstić information content (AvgIpc) is 3.08. The number of unbranched alkanes of at least 4 members (excludes halogenated alkanes) is 6. The van der Waals surface area contributed by atoms with Gasteiger partial charge in [-0.1, -0.05) is 162 Å². The van der Waals surface area contributed by atoms with Crippen molar-refractivity contribution in [1.29, 1.82) is 0 Å². The third kappa shape index (κ3) is 13.9. The molecule has 0 aromatic heterocycles. The smallest absolute Gasteiger partial charge is 0.423 e. The summed E-state index contributed by atoms with van der Waals surface area (Å²) in [5.74, 6) is -5.05. The Balaban J connectivity index is 2.13. The minimum Gasteiger partial charge on any atom is -0.462 e. The number of rotatable bonds is 20. The summed E-state index contributed by atoms with van der Waals surface area (Å²) in [5, 5.41) is -1.47. The van der Waals surface area contributed by atoms with Gasteiger partial charge >= 0.3 is 23.9 Å². The predicted molar refractivity (Wildman–Crippen MR) is 200 cm³/mol. The molecule has 0 radical (unpaired) electrons. The molecule has 0 fully saturated rings. The van der Waals surface area contributed by atoms with Crippen molar-refractivity contribution in [1.82, 2.24) is 0 Å². The highest BCUT2D eigenvalue weighted by Crippen LogP contribution is 2.41. The first-order valence-electron chi connectivity index (χ1n) is 16.9. The molecule has 2 aromatic carbocycles. The molecule has 2 rings (SSSR count). The van der Waals surface area contributed by atoms with E-state index in [1.54, 1.807) is 0 Å². The van der Waals surface area contributed by atoms with Gasteiger partial charge in [0.15, 0.2) is 11.5 Å². The van der Waals surface area contributed by atoms with E-state index >= 15 is 0 Å². The molecule has 0 aliphatic heterocycles. The van der Waals surface area contributed by atoms with Crippen molar-refractivity contribution >= 4 is 93.5 Å². The van der Waals surface area contributed by atoms with Crippen LogP contribution in [-0.2, 0) is 19.1 Å². The van der Waals surface area contributed by atoms with Crippen molar-refractivity contribution in [3.63, 3.8) is 0 Å². The number of carbonyl (C=O) groups excluding carboxylic acids is 4. The summed E-state index contributed by atoms with van der Waals surface area (Å²) >= 11 is 37.4. The predicted octanol–water partition coefficient (Wildman–Crippen LogP) is 12.4. The molecule has 0 bridgehead atoms. The maximum atomic E-state index is 13.1. The molecule has 0 N–H and O–H groups in total. The van der Waals surface area contributed by atoms with E-state index in [4.69, 9.17) is 88.6 Å². The monoisotopic (exact) mass is 814 g/mol. The highest BCUT2D eigenvalue weighted by molar-refractivity contribution is 6.47. The number of esters is 4. The summed E-state index contributed by atoms with van der Waals surface area (Å²) in [7, 11) is 0. The van der Waals surface area contributed by atoms with E-state index in [2.05, 4.69) is 27.7 Å². The normalized spacial score (nSPS) is 12.3. The van der Waals surface area contributed by atoms with Gasteiger partial charge in [0.25, 0.3) is 0 Å². The highest BCUT2D eigenvalue weighted by atomic mass is 35.5. The average molecular weight is 817 g/mol. The van der Waals surface area contributed by atoms with Crippen LogP contribution in [-0.4, -0.2) is 37.1 Å². The van der Waals surface area contributed by atoms with Crippen LogP contribution in [0.15, 0.2) is 12.1 Å². The molecular weight excluding hydrogens is 773 g/mol. The van der Waals surface area contributed by atoms with Crippen molar-refractivity contribution < 1.29 is 38.1 Å². The molecule has 2 atom stereocenters. The van der Waals surface area contributed by atoms with Gasteiger partial charge in [0, 0.05) is 0 Å². The van der Waals surface area contributed by atoms with E-state index in [9.17, 15) is 19.2 Å². The Bertz CT molecular complexity index is 1370. The summed E-state index contributed by atoms with van der Waals surface area (Å²) in [5.41, 5.74) is -0.919. The van der Waals surface area contributed by atoms with Gasteiger partial charge in [-0.05, 0) is 36.8 Å². The number of ether oxygens (including phenoxy) is 4. The van der Waals surface area contributed by atoms with E-state index in [1.165, 1.54) is 0 Å². The fourth-order valence-electron chi connectivity index (χ4n) is 4.77. The van der Waals surface area contributed by atoms with Crippen molar-refractivity contribution in [2.24, 2.45) is 11.8 Å². The van der Waals surface area contributed by atoms with Gasteiger partial charge in [0.2, 0.25) is 0 Å². The Labute approximate surface area is 324 Å². The molecule has 0 saturated carbocycles. The zero-order valence-corrected chi connectivity index (χ0v) is 33.3. The largest absolute Gasteiger partial charge is 0.462 e. The number of hydrogen-bond donors (Lipinski definition) is 0. The second-order valence-corrected chi connectivity index (χ2v) is 14.6. The summed E-state index contributed by atoms with van der Waals surface area (Å²) in [6.07, 6.45) is 11.5. The maximum absolute atomic E-state index is 13.1. The van der Waals surface area contributed by atoms with Gasteiger partial charge < -0.3 is 18.9 Å². The van der Waals surface area contributed by atoms with Crippen LogP contribution in [0.3, 0.4) is 0 Å². The van der Waals surface area contributed by atoms with Crippen LogP contribution in [0, 0.1) is 11.8 Å². The Kier molecular flexibility index (Phi) is 20.2. The van der Waals surface area contributed by atoms with Crippen LogP contribution < -0.4 is 9.47 Å². The molecule has 0 aliphatic carbocycles. The van der Waals surface area contributed by atoms with E-state index < -0.39 is 46.5 Å². The van der Waals surface area contributed by atoms with Crippen molar-refractivity contribution in [3.05, 3.63) is 53.4 Å². The first-order valence-corrected chi connectivity index (χ1v) is 19.1. The maximum Gasteiger partial charge on any atom is 0.423 e. The van der Waals surface area contributed by atoms with Gasteiger partial charge in [-0.2, -0.15) is 0 Å². The van der Waals surface area contributed by atoms with Gasteiger partial charge in [-0.25, -0.2) is 19.2 Å². The summed E-state index contributed by atoms with van der Waals surface area (Å²) < 4.78 is 21.1. The highest BCUT2D eigenvalue weighted by Gasteiger charge is 2.32. The standard InChI is InChI=1S/C36H44Cl6O8/c1-5-21(3)15-11-7-9-13-17-47-33(43)27-29(41)23(37)19-25(39)31(27)49-35(45)36(46)50-32-26(40)20-24(38)30(42)28(32)34(44)48-18-14-10-8-12-16-22(4)6-2/h19-22H,5-18H2,1-4H3. The second-order valence-electron chi connectivity index (χ2n) is 12.2. The first-order chi connectivity index (χ1) is 23.7. The van der Waals surface area contributed by atoms with Crippen LogP contribution in [0.5, 0.6) is 11.5 Å². The number of carbonyl (C=O) groups is 4. The zero-order valence-electron chi connectivity index (χ0n) is 28.7. The van der Waals surface area contributed by atoms with Gasteiger partial charge in [-0.15, -0.1) is 0 Å². The van der Waals surface area contributed by atoms with E-state index in [0.29, 0.717) is 24.7 Å². The molecule has 0 heterocycles. The Hall–Kier alpha value is -1.94. The third-order valence-electron chi connectivity index (χ3n) is 8.26. The zero-order chi connectivity index (χ0) is 37.4. The molecule has 0 aliphatic rings. The van der Waals surface area contributed by atoms with Crippen LogP contribution >= 0.6 is 69.6 Å². The molecule has 14 heteroatoms. The van der Waals surface area contributed by atoms with Crippen LogP contribution in [0.1, 0.15) is 125 Å². The lowest BCUT2D eigenvalue weighted by molar-refractivity contribution is -0.156. The van der Waals surface area contributed by atoms with Crippen molar-refractivity contribution in [2.45, 2.75) is 105 Å². The minimum atomic E-state index is -1.64. The molecule has 2 aromatic rings. The van der Waals surface area contributed by atoms with Crippen LogP contribution in [0.25, 0.3) is 0 Å². The lowest BCUT2D eigenvalue weighted by Gasteiger charge is -2.15. The van der Waals surface area contributed by atoms with Crippen LogP contribution in [0.2, 0.25) is 30.1 Å². The fourth-order valence-corrected chi connectivity index (χ4v) is 6.21. The molecule has 0 saturated heterocycles. The number of benzene rings is 2. The van der Waals surface area contributed by atoms with Gasteiger partial charge in [0.1, 0.15) is 11.1 Å². The summed E-state index contributed by atoms with van der Waals surface area (Å²) in [6.45, 7) is 8.85. The molecular formula is C36H44Cl6O8.